The summed E-state index contributed by atoms with van der Waals surface area (Å²) in [5, 5.41) is 10.9. The Morgan fingerprint density at radius 2 is 1.84 bits per heavy atom. The fourth-order valence-electron chi connectivity index (χ4n) is 2.85. The minimum atomic E-state index is -0.584. The van der Waals surface area contributed by atoms with Crippen molar-refractivity contribution in [3.05, 3.63) is 16.7 Å². The van der Waals surface area contributed by atoms with Crippen molar-refractivity contribution in [3.63, 3.8) is 0 Å². The van der Waals surface area contributed by atoms with E-state index < -0.39 is 5.54 Å². The predicted octanol–water partition coefficient (Wildman–Crippen LogP) is 3.18. The van der Waals surface area contributed by atoms with Crippen molar-refractivity contribution in [3.8, 4) is 17.2 Å². The zero-order chi connectivity index (χ0) is 14.0. The number of aromatic hydroxyl groups is 1. The molecular weight excluding hydrogens is 266 g/mol. The Bertz CT molecular complexity index is 470. The summed E-state index contributed by atoms with van der Waals surface area (Å²) in [4.78, 5) is 0. The number of benzene rings is 1. The highest BCUT2D eigenvalue weighted by atomic mass is 35.5. The average Bonchev–Trinajstić information content (AvgIpc) is 2.38. The van der Waals surface area contributed by atoms with Gasteiger partial charge in [0.25, 0.3) is 0 Å². The van der Waals surface area contributed by atoms with Crippen LogP contribution in [0.1, 0.15) is 37.7 Å². The Balaban J connectivity index is 2.56. The monoisotopic (exact) mass is 285 g/mol. The van der Waals surface area contributed by atoms with Gasteiger partial charge < -0.3 is 20.3 Å². The molecule has 2 rings (SSSR count). The van der Waals surface area contributed by atoms with Gasteiger partial charge in [0.15, 0.2) is 11.5 Å². The van der Waals surface area contributed by atoms with Crippen LogP contribution < -0.4 is 15.2 Å². The molecule has 5 heteroatoms. The van der Waals surface area contributed by atoms with Gasteiger partial charge in [-0.1, -0.05) is 30.9 Å². The van der Waals surface area contributed by atoms with Gasteiger partial charge in [-0.2, -0.15) is 0 Å². The van der Waals surface area contributed by atoms with E-state index in [1.54, 1.807) is 6.07 Å². The predicted molar refractivity (Wildman–Crippen MR) is 75.2 cm³/mol. The smallest absolute Gasteiger partial charge is 0.203 e. The second-order valence-corrected chi connectivity index (χ2v) is 5.44. The van der Waals surface area contributed by atoms with Gasteiger partial charge in [-0.3, -0.25) is 0 Å². The Kier molecular flexibility index (Phi) is 4.11. The standard InChI is InChI=1S/C14H20ClNO3/c1-18-10-8-9(15)11(12(17)13(10)19-2)14(16)6-4-3-5-7-14/h8,17H,3-7,16H2,1-2H3. The molecule has 0 aliphatic heterocycles. The third-order valence-corrected chi connectivity index (χ3v) is 4.14. The largest absolute Gasteiger partial charge is 0.504 e. The summed E-state index contributed by atoms with van der Waals surface area (Å²) in [5.41, 5.74) is 6.45. The van der Waals surface area contributed by atoms with E-state index in [-0.39, 0.29) is 11.5 Å². The number of phenols is 1. The lowest BCUT2D eigenvalue weighted by atomic mass is 9.77. The van der Waals surface area contributed by atoms with E-state index in [1.165, 1.54) is 20.6 Å². The van der Waals surface area contributed by atoms with Crippen molar-refractivity contribution in [2.24, 2.45) is 5.73 Å². The molecule has 0 aromatic heterocycles. The number of hydrogen-bond donors (Lipinski definition) is 2. The van der Waals surface area contributed by atoms with Gasteiger partial charge in [0.05, 0.1) is 19.2 Å². The average molecular weight is 286 g/mol. The molecule has 0 bridgehead atoms. The summed E-state index contributed by atoms with van der Waals surface area (Å²) >= 11 is 6.29. The molecule has 0 unspecified atom stereocenters. The Morgan fingerprint density at radius 3 is 2.37 bits per heavy atom. The Morgan fingerprint density at radius 1 is 1.21 bits per heavy atom. The quantitative estimate of drug-likeness (QED) is 0.895. The van der Waals surface area contributed by atoms with E-state index in [1.807, 2.05) is 0 Å². The Labute approximate surface area is 118 Å². The topological polar surface area (TPSA) is 64.7 Å². The first-order valence-corrected chi connectivity index (χ1v) is 6.84. The van der Waals surface area contributed by atoms with Crippen molar-refractivity contribution in [1.29, 1.82) is 0 Å². The summed E-state index contributed by atoms with van der Waals surface area (Å²) in [6, 6.07) is 1.65. The van der Waals surface area contributed by atoms with Crippen LogP contribution in [-0.2, 0) is 5.54 Å². The van der Waals surface area contributed by atoms with E-state index in [2.05, 4.69) is 0 Å². The van der Waals surface area contributed by atoms with Crippen LogP contribution in [0, 0.1) is 0 Å². The fourth-order valence-corrected chi connectivity index (χ4v) is 3.23. The van der Waals surface area contributed by atoms with Gasteiger partial charge in [0.2, 0.25) is 5.75 Å². The van der Waals surface area contributed by atoms with Crippen LogP contribution in [0.25, 0.3) is 0 Å². The molecule has 0 radical (unpaired) electrons. The molecule has 0 amide bonds. The summed E-state index contributed by atoms with van der Waals surface area (Å²) in [6.07, 6.45) is 4.89. The molecule has 1 aliphatic carbocycles. The number of nitrogens with two attached hydrogens (primary N) is 1. The number of methoxy groups -OCH3 is 2. The summed E-state index contributed by atoms with van der Waals surface area (Å²) in [6.45, 7) is 0. The third kappa shape index (κ3) is 2.47. The third-order valence-electron chi connectivity index (χ3n) is 3.84. The number of rotatable bonds is 3. The molecule has 1 fully saturated rings. The number of ether oxygens (including phenoxy) is 2. The van der Waals surface area contributed by atoms with Gasteiger partial charge in [0, 0.05) is 17.2 Å². The fraction of sp³-hybridized carbons (Fsp3) is 0.571. The maximum atomic E-state index is 10.4. The second-order valence-electron chi connectivity index (χ2n) is 5.03. The Hall–Kier alpha value is -1.13. The van der Waals surface area contributed by atoms with Crippen molar-refractivity contribution >= 4 is 11.6 Å². The molecule has 3 N–H and O–H groups in total. The molecule has 0 saturated heterocycles. The maximum absolute atomic E-state index is 10.4. The molecule has 106 valence electrons. The van der Waals surface area contributed by atoms with Crippen molar-refractivity contribution < 1.29 is 14.6 Å². The van der Waals surface area contributed by atoms with Gasteiger partial charge in [-0.05, 0) is 12.8 Å². The van der Waals surface area contributed by atoms with Crippen molar-refractivity contribution in [2.75, 3.05) is 14.2 Å². The minimum absolute atomic E-state index is 0.00347. The van der Waals surface area contributed by atoms with Crippen LogP contribution in [0.5, 0.6) is 17.2 Å². The van der Waals surface area contributed by atoms with E-state index in [0.717, 1.165) is 25.7 Å². The molecule has 19 heavy (non-hydrogen) atoms. The van der Waals surface area contributed by atoms with E-state index >= 15 is 0 Å². The molecule has 4 nitrogen and oxygen atoms in total. The first-order valence-electron chi connectivity index (χ1n) is 6.46. The number of phenolic OH excluding ortho intramolecular Hbond substituents is 1. The maximum Gasteiger partial charge on any atom is 0.203 e. The SMILES string of the molecule is COc1cc(Cl)c(C2(N)CCCCC2)c(O)c1OC. The van der Waals surface area contributed by atoms with Crippen LogP contribution in [0.3, 0.4) is 0 Å². The summed E-state index contributed by atoms with van der Waals surface area (Å²) < 4.78 is 10.4. The highest BCUT2D eigenvalue weighted by Crippen LogP contribution is 2.49. The van der Waals surface area contributed by atoms with E-state index in [0.29, 0.717) is 16.3 Å². The molecule has 0 heterocycles. The molecule has 1 saturated carbocycles. The van der Waals surface area contributed by atoms with Crippen molar-refractivity contribution in [1.82, 2.24) is 0 Å². The number of hydrogen-bond acceptors (Lipinski definition) is 4. The van der Waals surface area contributed by atoms with Crippen LogP contribution in [0.4, 0.5) is 0 Å². The van der Waals surface area contributed by atoms with Gasteiger partial charge >= 0.3 is 0 Å². The van der Waals surface area contributed by atoms with Crippen molar-refractivity contribution in [2.45, 2.75) is 37.6 Å². The van der Waals surface area contributed by atoms with Gasteiger partial charge in [0.1, 0.15) is 0 Å². The lowest BCUT2D eigenvalue weighted by molar-refractivity contribution is 0.282. The molecule has 1 aromatic carbocycles. The molecule has 1 aliphatic rings. The van der Waals surface area contributed by atoms with Gasteiger partial charge in [-0.15, -0.1) is 0 Å². The van der Waals surface area contributed by atoms with Crippen LogP contribution in [-0.4, -0.2) is 19.3 Å². The summed E-state index contributed by atoms with van der Waals surface area (Å²) in [5.74, 6) is 0.696. The molecule has 0 atom stereocenters. The first-order chi connectivity index (χ1) is 9.03. The number of halogens is 1. The highest BCUT2D eigenvalue weighted by Gasteiger charge is 2.36. The van der Waals surface area contributed by atoms with Gasteiger partial charge in [-0.25, -0.2) is 0 Å². The van der Waals surface area contributed by atoms with Crippen LogP contribution >= 0.6 is 11.6 Å². The lowest BCUT2D eigenvalue weighted by Crippen LogP contribution is -2.39. The second kappa shape index (κ2) is 5.47. The molecule has 0 spiro atoms. The van der Waals surface area contributed by atoms with E-state index in [9.17, 15) is 5.11 Å². The highest BCUT2D eigenvalue weighted by molar-refractivity contribution is 6.32. The molecule has 1 aromatic rings. The van der Waals surface area contributed by atoms with E-state index in [4.69, 9.17) is 26.8 Å². The normalized spacial score (nSPS) is 18.1. The zero-order valence-electron chi connectivity index (χ0n) is 11.3. The van der Waals surface area contributed by atoms with Crippen LogP contribution in [0.2, 0.25) is 5.02 Å². The zero-order valence-corrected chi connectivity index (χ0v) is 12.1. The molecular formula is C14H20ClNO3. The first kappa shape index (κ1) is 14.3. The lowest BCUT2D eigenvalue weighted by Gasteiger charge is -2.35. The summed E-state index contributed by atoms with van der Waals surface area (Å²) in [7, 11) is 2.99. The minimum Gasteiger partial charge on any atom is -0.504 e. The van der Waals surface area contributed by atoms with Crippen LogP contribution in [0.15, 0.2) is 6.07 Å².